The van der Waals surface area contributed by atoms with Crippen LogP contribution in [0.5, 0.6) is 0 Å². The van der Waals surface area contributed by atoms with E-state index in [1.54, 1.807) is 0 Å². The fourth-order valence-electron chi connectivity index (χ4n) is 5.99. The van der Waals surface area contributed by atoms with Gasteiger partial charge in [-0.15, -0.1) is 0 Å². The van der Waals surface area contributed by atoms with Crippen LogP contribution in [0.25, 0.3) is 0 Å². The Morgan fingerprint density at radius 1 is 1.06 bits per heavy atom. The summed E-state index contributed by atoms with van der Waals surface area (Å²) in [5.41, 5.74) is 0.661. The highest BCUT2D eigenvalue weighted by atomic mass is 19.4. The Hall–Kier alpha value is -2.88. The van der Waals surface area contributed by atoms with Crippen LogP contribution >= 0.6 is 0 Å². The lowest BCUT2D eigenvalue weighted by molar-refractivity contribution is -0.141. The van der Waals surface area contributed by atoms with Gasteiger partial charge >= 0.3 is 12.2 Å². The molecule has 1 saturated carbocycles. The molecule has 0 radical (unpaired) electrons. The molecule has 2 aromatic rings. The van der Waals surface area contributed by atoms with E-state index in [1.165, 1.54) is 5.56 Å². The molecular formula is C25H31F3N6O. The molecular weight excluding hydrogens is 457 g/mol. The van der Waals surface area contributed by atoms with Gasteiger partial charge in [-0.2, -0.15) is 13.2 Å². The molecule has 35 heavy (non-hydrogen) atoms. The Morgan fingerprint density at radius 2 is 1.71 bits per heavy atom. The number of piperazine rings is 1. The number of benzene rings is 1. The Bertz CT molecular complexity index is 1020. The Morgan fingerprint density at radius 3 is 2.29 bits per heavy atom. The molecule has 2 saturated heterocycles. The van der Waals surface area contributed by atoms with E-state index < -0.39 is 11.9 Å². The van der Waals surface area contributed by atoms with Crippen LogP contribution in [-0.2, 0) is 12.7 Å². The molecule has 3 fully saturated rings. The van der Waals surface area contributed by atoms with E-state index in [2.05, 4.69) is 44.5 Å². The monoisotopic (exact) mass is 488 g/mol. The molecule has 1 aliphatic carbocycles. The van der Waals surface area contributed by atoms with Crippen LogP contribution in [0.2, 0.25) is 0 Å². The maximum absolute atomic E-state index is 13.1. The fraction of sp³-hybridized carbons (Fsp3) is 0.560. The molecule has 1 aromatic carbocycles. The quantitative estimate of drug-likeness (QED) is 0.710. The predicted octanol–water partition coefficient (Wildman–Crippen LogP) is 3.77. The molecule has 188 valence electrons. The van der Waals surface area contributed by atoms with Crippen molar-refractivity contribution in [2.75, 3.05) is 31.1 Å². The van der Waals surface area contributed by atoms with E-state index >= 15 is 0 Å². The topological polar surface area (TPSA) is 64.6 Å². The third-order valence-corrected chi connectivity index (χ3v) is 7.46. The first-order valence-electron chi connectivity index (χ1n) is 12.1. The number of hydrogen-bond donors (Lipinski definition) is 1. The van der Waals surface area contributed by atoms with Gasteiger partial charge in [-0.25, -0.2) is 14.8 Å². The van der Waals surface area contributed by atoms with Crippen LogP contribution in [-0.4, -0.2) is 70.1 Å². The van der Waals surface area contributed by atoms with E-state index in [1.807, 2.05) is 29.7 Å². The van der Waals surface area contributed by atoms with Crippen LogP contribution in [0.4, 0.5) is 23.8 Å². The Labute approximate surface area is 203 Å². The van der Waals surface area contributed by atoms with E-state index in [-0.39, 0.29) is 24.2 Å². The van der Waals surface area contributed by atoms with Crippen LogP contribution in [0, 0.1) is 5.41 Å². The normalized spacial score (nSPS) is 24.7. The van der Waals surface area contributed by atoms with Crippen molar-refractivity contribution >= 4 is 11.8 Å². The number of hydrogen-bond acceptors (Lipinski definition) is 5. The number of carbonyl (C=O) groups excluding carboxylic acids is 1. The maximum atomic E-state index is 13.1. The number of alkyl halides is 3. The smallest absolute Gasteiger partial charge is 0.351 e. The average Bonchev–Trinajstić information content (AvgIpc) is 2.76. The predicted molar refractivity (Wildman–Crippen MR) is 126 cm³/mol. The van der Waals surface area contributed by atoms with Gasteiger partial charge in [-0.05, 0) is 37.7 Å². The highest BCUT2D eigenvalue weighted by Crippen LogP contribution is 2.48. The lowest BCUT2D eigenvalue weighted by atomic mass is 9.60. The summed E-state index contributed by atoms with van der Waals surface area (Å²) in [6.07, 6.45) is -0.576. The standard InChI is InChI=1S/C25H31F3N6O/c1-17-12-33(22-11-29-21(10-30-22)25(26,27)28)13-18(2)34(17)23(35)31-20-8-24(9-20)15-32(16-24)14-19-6-4-3-5-7-19/h3-7,10-11,17-18,20H,8-9,12-16H2,1-2H3,(H,31,35). The number of nitrogens with one attached hydrogen (secondary N) is 1. The molecule has 1 aromatic heterocycles. The van der Waals surface area contributed by atoms with Crippen LogP contribution in [0.15, 0.2) is 42.7 Å². The van der Waals surface area contributed by atoms with Crippen molar-refractivity contribution in [2.45, 2.75) is 57.5 Å². The fourth-order valence-corrected chi connectivity index (χ4v) is 5.99. The summed E-state index contributed by atoms with van der Waals surface area (Å²) >= 11 is 0. The van der Waals surface area contributed by atoms with Crippen molar-refractivity contribution in [3.63, 3.8) is 0 Å². The highest BCUT2D eigenvalue weighted by Gasteiger charge is 2.52. The van der Waals surface area contributed by atoms with Gasteiger partial charge in [0.25, 0.3) is 0 Å². The highest BCUT2D eigenvalue weighted by molar-refractivity contribution is 5.76. The minimum absolute atomic E-state index is 0.0662. The summed E-state index contributed by atoms with van der Waals surface area (Å²) in [4.78, 5) is 26.8. The minimum Gasteiger partial charge on any atom is -0.351 e. The van der Waals surface area contributed by atoms with E-state index in [4.69, 9.17) is 0 Å². The third-order valence-electron chi connectivity index (χ3n) is 7.46. The van der Waals surface area contributed by atoms with Gasteiger partial charge in [0.15, 0.2) is 5.69 Å². The number of nitrogens with zero attached hydrogens (tertiary/aromatic N) is 5. The largest absolute Gasteiger partial charge is 0.434 e. The van der Waals surface area contributed by atoms with E-state index in [0.717, 1.165) is 44.9 Å². The first kappa shape index (κ1) is 23.8. The molecule has 2 amide bonds. The van der Waals surface area contributed by atoms with Gasteiger partial charge in [-0.3, -0.25) is 4.90 Å². The molecule has 5 rings (SSSR count). The molecule has 3 heterocycles. The Balaban J connectivity index is 1.09. The van der Waals surface area contributed by atoms with Crippen molar-refractivity contribution in [1.29, 1.82) is 0 Å². The zero-order valence-corrected chi connectivity index (χ0v) is 20.0. The van der Waals surface area contributed by atoms with Crippen molar-refractivity contribution in [3.05, 3.63) is 54.0 Å². The van der Waals surface area contributed by atoms with Gasteiger partial charge in [0.2, 0.25) is 0 Å². The second-order valence-electron chi connectivity index (χ2n) is 10.5. The van der Waals surface area contributed by atoms with Crippen molar-refractivity contribution < 1.29 is 18.0 Å². The molecule has 2 aliphatic heterocycles. The zero-order chi connectivity index (χ0) is 24.8. The van der Waals surface area contributed by atoms with Gasteiger partial charge in [0, 0.05) is 50.8 Å². The molecule has 2 atom stereocenters. The summed E-state index contributed by atoms with van der Waals surface area (Å²) in [5, 5.41) is 3.21. The van der Waals surface area contributed by atoms with Gasteiger partial charge in [0.1, 0.15) is 5.82 Å². The molecule has 2 unspecified atom stereocenters. The second kappa shape index (κ2) is 8.96. The number of halogens is 3. The second-order valence-corrected chi connectivity index (χ2v) is 10.5. The first-order valence-corrected chi connectivity index (χ1v) is 12.1. The molecule has 3 aliphatic rings. The van der Waals surface area contributed by atoms with Crippen molar-refractivity contribution in [2.24, 2.45) is 5.41 Å². The number of aromatic nitrogens is 2. The third kappa shape index (κ3) is 4.94. The number of anilines is 1. The van der Waals surface area contributed by atoms with Gasteiger partial charge in [-0.1, -0.05) is 30.3 Å². The zero-order valence-electron chi connectivity index (χ0n) is 20.0. The van der Waals surface area contributed by atoms with E-state index in [9.17, 15) is 18.0 Å². The molecule has 7 nitrogen and oxygen atoms in total. The van der Waals surface area contributed by atoms with Crippen molar-refractivity contribution in [3.8, 4) is 0 Å². The minimum atomic E-state index is -4.51. The summed E-state index contributed by atoms with van der Waals surface area (Å²) in [6.45, 7) is 8.01. The average molecular weight is 489 g/mol. The molecule has 1 spiro atoms. The lowest BCUT2D eigenvalue weighted by Gasteiger charge is -2.59. The summed E-state index contributed by atoms with van der Waals surface area (Å²) < 4.78 is 38.3. The molecule has 10 heteroatoms. The van der Waals surface area contributed by atoms with Gasteiger partial charge in [0.05, 0.1) is 12.4 Å². The number of amides is 2. The SMILES string of the molecule is CC1CN(c2cnc(C(F)(F)F)cn2)CC(C)N1C(=O)NC1CC2(C1)CN(Cc1ccccc1)C2. The van der Waals surface area contributed by atoms with Crippen LogP contribution in [0.1, 0.15) is 37.9 Å². The first-order chi connectivity index (χ1) is 16.6. The number of rotatable bonds is 4. The lowest BCUT2D eigenvalue weighted by Crippen LogP contribution is -2.68. The van der Waals surface area contributed by atoms with Crippen molar-refractivity contribution in [1.82, 2.24) is 25.1 Å². The van der Waals surface area contributed by atoms with Crippen LogP contribution in [0.3, 0.4) is 0 Å². The Kier molecular flexibility index (Phi) is 6.11. The summed E-state index contributed by atoms with van der Waals surface area (Å²) in [6, 6.07) is 10.4. The summed E-state index contributed by atoms with van der Waals surface area (Å²) in [5.74, 6) is 0.391. The summed E-state index contributed by atoms with van der Waals surface area (Å²) in [7, 11) is 0. The maximum Gasteiger partial charge on any atom is 0.434 e. The van der Waals surface area contributed by atoms with Crippen LogP contribution < -0.4 is 10.2 Å². The molecule has 0 bridgehead atoms. The number of carbonyl (C=O) groups is 1. The van der Waals surface area contributed by atoms with E-state index in [0.29, 0.717) is 24.3 Å². The number of urea groups is 1. The number of likely N-dealkylation sites (tertiary alicyclic amines) is 1. The van der Waals surface area contributed by atoms with Gasteiger partial charge < -0.3 is 15.1 Å². The molecule has 1 N–H and O–H groups in total.